The zero-order valence-corrected chi connectivity index (χ0v) is 18.9. The van der Waals surface area contributed by atoms with Gasteiger partial charge in [0.05, 0.1) is 10.7 Å². The summed E-state index contributed by atoms with van der Waals surface area (Å²) >= 11 is 6.12. The molecule has 0 spiro atoms. The molecule has 0 amide bonds. The smallest absolute Gasteiger partial charge is 0.184 e. The van der Waals surface area contributed by atoms with Crippen LogP contribution in [0.1, 0.15) is 29.5 Å². The van der Waals surface area contributed by atoms with Crippen LogP contribution in [0.15, 0.2) is 90.6 Å². The van der Waals surface area contributed by atoms with E-state index in [1.54, 1.807) is 12.1 Å². The number of hydrogen-bond acceptors (Lipinski definition) is 3. The Bertz CT molecular complexity index is 1140. The van der Waals surface area contributed by atoms with Gasteiger partial charge in [0.1, 0.15) is 0 Å². The molecule has 0 radical (unpaired) electrons. The van der Waals surface area contributed by atoms with Gasteiger partial charge in [-0.05, 0) is 41.7 Å². The minimum Gasteiger partial charge on any atom is -0.373 e. The molecule has 160 valence electrons. The van der Waals surface area contributed by atoms with E-state index in [9.17, 15) is 8.42 Å². The summed E-state index contributed by atoms with van der Waals surface area (Å²) in [6.07, 6.45) is 2.72. The lowest BCUT2D eigenvalue weighted by Crippen LogP contribution is -2.24. The molecule has 3 aromatic carbocycles. The second-order valence-corrected chi connectivity index (χ2v) is 10.2. The van der Waals surface area contributed by atoms with Crippen molar-refractivity contribution in [3.8, 4) is 0 Å². The minimum atomic E-state index is -3.60. The molecule has 0 N–H and O–H groups in total. The van der Waals surface area contributed by atoms with E-state index in [1.807, 2.05) is 60.7 Å². The van der Waals surface area contributed by atoms with Gasteiger partial charge in [0.15, 0.2) is 9.84 Å². The Kier molecular flexibility index (Phi) is 6.79. The first-order valence-electron chi connectivity index (χ1n) is 10.6. The van der Waals surface area contributed by atoms with Crippen molar-refractivity contribution in [1.82, 2.24) is 4.90 Å². The van der Waals surface area contributed by atoms with Gasteiger partial charge in [-0.1, -0.05) is 84.4 Å². The number of sulfone groups is 1. The molecule has 3 nitrogen and oxygen atoms in total. The number of rotatable bonds is 7. The molecule has 0 aromatic heterocycles. The Balaban J connectivity index is 1.88. The minimum absolute atomic E-state index is 0.0298. The second kappa shape index (κ2) is 9.71. The van der Waals surface area contributed by atoms with E-state index >= 15 is 0 Å². The fourth-order valence-corrected chi connectivity index (χ4v) is 6.06. The summed E-state index contributed by atoms with van der Waals surface area (Å²) < 4.78 is 27.7. The van der Waals surface area contributed by atoms with Gasteiger partial charge in [-0.25, -0.2) is 8.42 Å². The monoisotopic (exact) mass is 451 g/mol. The molecule has 0 bridgehead atoms. The highest BCUT2D eigenvalue weighted by Gasteiger charge is 2.29. The van der Waals surface area contributed by atoms with Crippen molar-refractivity contribution >= 4 is 26.3 Å². The first-order valence-corrected chi connectivity index (χ1v) is 12.6. The largest absolute Gasteiger partial charge is 0.373 e. The molecule has 1 aliphatic heterocycles. The Morgan fingerprint density at radius 3 is 1.90 bits per heavy atom. The summed E-state index contributed by atoms with van der Waals surface area (Å²) in [6.45, 7) is 1.75. The zero-order valence-electron chi connectivity index (χ0n) is 17.4. The van der Waals surface area contributed by atoms with Crippen LogP contribution in [0.4, 0.5) is 0 Å². The van der Waals surface area contributed by atoms with Crippen molar-refractivity contribution < 1.29 is 8.42 Å². The van der Waals surface area contributed by atoms with Gasteiger partial charge in [0.2, 0.25) is 0 Å². The highest BCUT2D eigenvalue weighted by molar-refractivity contribution is 7.99. The summed E-state index contributed by atoms with van der Waals surface area (Å²) in [5, 5.41) is 0.592. The van der Waals surface area contributed by atoms with Crippen LogP contribution in [0.5, 0.6) is 0 Å². The predicted octanol–water partition coefficient (Wildman–Crippen LogP) is 5.96. The first-order chi connectivity index (χ1) is 15.0. The summed E-state index contributed by atoms with van der Waals surface area (Å²) in [5.41, 5.74) is 3.46. The average Bonchev–Trinajstić information content (AvgIpc) is 3.30. The molecule has 1 fully saturated rings. The van der Waals surface area contributed by atoms with Gasteiger partial charge >= 0.3 is 0 Å². The number of likely N-dealkylation sites (tertiary alicyclic amines) is 1. The number of halogens is 1. The Morgan fingerprint density at radius 2 is 1.32 bits per heavy atom. The number of benzene rings is 3. The Morgan fingerprint density at radius 1 is 0.774 bits per heavy atom. The van der Waals surface area contributed by atoms with Crippen molar-refractivity contribution in [1.29, 1.82) is 0 Å². The molecule has 3 aromatic rings. The zero-order chi connectivity index (χ0) is 21.7. The third-order valence-electron chi connectivity index (χ3n) is 5.58. The van der Waals surface area contributed by atoms with Crippen LogP contribution in [-0.4, -0.2) is 26.4 Å². The van der Waals surface area contributed by atoms with E-state index in [0.717, 1.165) is 42.8 Å². The number of nitrogens with zero attached hydrogens (tertiary/aromatic N) is 1. The topological polar surface area (TPSA) is 37.4 Å². The van der Waals surface area contributed by atoms with Crippen molar-refractivity contribution in [2.75, 3.05) is 13.1 Å². The number of allylic oxidation sites excluding steroid dienone is 1. The van der Waals surface area contributed by atoms with Crippen molar-refractivity contribution in [3.63, 3.8) is 0 Å². The SMILES string of the molecule is O=S(=O)(Cc1ccccc1)/C(=C(/Cc1ccccc1)N1CCCC1)c1ccc(Cl)cc1. The lowest BCUT2D eigenvalue weighted by Gasteiger charge is -2.26. The van der Waals surface area contributed by atoms with Crippen LogP contribution >= 0.6 is 11.6 Å². The van der Waals surface area contributed by atoms with Crippen molar-refractivity contribution in [3.05, 3.63) is 112 Å². The predicted molar refractivity (Wildman–Crippen MR) is 128 cm³/mol. The lowest BCUT2D eigenvalue weighted by molar-refractivity contribution is 0.419. The van der Waals surface area contributed by atoms with Gasteiger partial charge < -0.3 is 4.90 Å². The highest BCUT2D eigenvalue weighted by atomic mass is 35.5. The van der Waals surface area contributed by atoms with E-state index in [4.69, 9.17) is 11.6 Å². The maximum absolute atomic E-state index is 13.9. The van der Waals surface area contributed by atoms with Gasteiger partial charge in [-0.2, -0.15) is 0 Å². The van der Waals surface area contributed by atoms with E-state index in [0.29, 0.717) is 21.9 Å². The third kappa shape index (κ3) is 5.38. The fraction of sp³-hybridized carbons (Fsp3) is 0.231. The van der Waals surface area contributed by atoms with Crippen LogP contribution in [0, 0.1) is 0 Å². The molecule has 0 saturated carbocycles. The first kappa shape index (κ1) is 21.7. The van der Waals surface area contributed by atoms with Crippen LogP contribution in [-0.2, 0) is 22.0 Å². The van der Waals surface area contributed by atoms with Crippen molar-refractivity contribution in [2.24, 2.45) is 0 Å². The van der Waals surface area contributed by atoms with Crippen molar-refractivity contribution in [2.45, 2.75) is 25.0 Å². The quantitative estimate of drug-likeness (QED) is 0.444. The maximum atomic E-state index is 13.9. The van der Waals surface area contributed by atoms with Gasteiger partial charge in [-0.15, -0.1) is 0 Å². The summed E-state index contributed by atoms with van der Waals surface area (Å²) in [5.74, 6) is -0.0298. The van der Waals surface area contributed by atoms with Gasteiger partial charge in [0.25, 0.3) is 0 Å². The normalized spacial score (nSPS) is 15.1. The highest BCUT2D eigenvalue weighted by Crippen LogP contribution is 2.34. The van der Waals surface area contributed by atoms with Gasteiger partial charge in [-0.3, -0.25) is 0 Å². The van der Waals surface area contributed by atoms with Crippen LogP contribution in [0.25, 0.3) is 4.91 Å². The molecular formula is C26H26ClNO2S. The fourth-order valence-electron chi connectivity index (χ4n) is 4.10. The molecule has 1 saturated heterocycles. The summed E-state index contributed by atoms with van der Waals surface area (Å²) in [4.78, 5) is 2.67. The van der Waals surface area contributed by atoms with E-state index in [-0.39, 0.29) is 5.75 Å². The molecular weight excluding hydrogens is 426 g/mol. The van der Waals surface area contributed by atoms with Crippen LogP contribution in [0.2, 0.25) is 5.02 Å². The van der Waals surface area contributed by atoms with Crippen LogP contribution < -0.4 is 0 Å². The van der Waals surface area contributed by atoms with E-state index in [1.165, 1.54) is 0 Å². The third-order valence-corrected chi connectivity index (χ3v) is 7.64. The molecule has 0 aliphatic carbocycles. The average molecular weight is 452 g/mol. The molecule has 0 unspecified atom stereocenters. The van der Waals surface area contributed by atoms with E-state index < -0.39 is 9.84 Å². The number of hydrogen-bond donors (Lipinski definition) is 0. The Hall–Kier alpha value is -2.56. The molecule has 4 rings (SSSR count). The molecule has 31 heavy (non-hydrogen) atoms. The second-order valence-electron chi connectivity index (χ2n) is 7.88. The lowest BCUT2D eigenvalue weighted by atomic mass is 10.1. The molecule has 1 heterocycles. The summed E-state index contributed by atoms with van der Waals surface area (Å²) in [7, 11) is -3.60. The molecule has 5 heteroatoms. The molecule has 1 aliphatic rings. The maximum Gasteiger partial charge on any atom is 0.184 e. The van der Waals surface area contributed by atoms with Gasteiger partial charge in [0, 0.05) is 30.2 Å². The summed E-state index contributed by atoms with van der Waals surface area (Å²) in [6, 6.07) is 26.6. The van der Waals surface area contributed by atoms with E-state index in [2.05, 4.69) is 17.0 Å². The molecule has 0 atom stereocenters. The van der Waals surface area contributed by atoms with Crippen LogP contribution in [0.3, 0.4) is 0 Å². The Labute approximate surface area is 189 Å². The standard InChI is InChI=1S/C26H26ClNO2S/c27-24-15-13-23(14-16-24)26(31(29,30)20-22-11-5-2-6-12-22)25(28-17-7-8-18-28)19-21-9-3-1-4-10-21/h1-6,9-16H,7-8,17-20H2/b26-25-.